The Labute approximate surface area is 72.3 Å². The Kier molecular flexibility index (Phi) is 1.61. The second kappa shape index (κ2) is 2.47. The predicted molar refractivity (Wildman–Crippen MR) is 51.6 cm³/mol. The third-order valence-corrected chi connectivity index (χ3v) is 3.93. The van der Waals surface area contributed by atoms with E-state index in [0.29, 0.717) is 0 Å². The Morgan fingerprint density at radius 1 is 1.60 bits per heavy atom. The molecule has 10 heavy (non-hydrogen) atoms. The number of nitrogens with one attached hydrogen (secondary N) is 1. The topological polar surface area (TPSA) is 28.7 Å². The van der Waals surface area contributed by atoms with Gasteiger partial charge in [0.2, 0.25) is 0 Å². The van der Waals surface area contributed by atoms with Gasteiger partial charge in [0.15, 0.2) is 0 Å². The summed E-state index contributed by atoms with van der Waals surface area (Å²) in [7, 11) is 0. The van der Waals surface area contributed by atoms with Crippen molar-refractivity contribution in [2.45, 2.75) is 0 Å². The molecule has 0 radical (unpaired) electrons. The number of aromatic nitrogens is 2. The van der Waals surface area contributed by atoms with Crippen molar-refractivity contribution in [3.8, 4) is 0 Å². The molecule has 0 aromatic carbocycles. The van der Waals surface area contributed by atoms with Crippen LogP contribution in [-0.4, -0.2) is 14.2 Å². The summed E-state index contributed by atoms with van der Waals surface area (Å²) >= 11 is 5.92. The van der Waals surface area contributed by atoms with Gasteiger partial charge in [-0.1, -0.05) is 32.3 Å². The molecule has 0 amide bonds. The molecule has 0 saturated heterocycles. The van der Waals surface area contributed by atoms with Crippen LogP contribution in [0.2, 0.25) is 0 Å². The number of hydrogen-bond donors (Lipinski definition) is 1. The maximum Gasteiger partial charge on any atom is 0.0845 e. The van der Waals surface area contributed by atoms with Gasteiger partial charge in [-0.3, -0.25) is 5.10 Å². The molecule has 1 aliphatic rings. The second-order valence-corrected chi connectivity index (χ2v) is 4.26. The molecule has 1 aliphatic heterocycles. The highest BCUT2D eigenvalue weighted by molar-refractivity contribution is 14.2. The lowest BCUT2D eigenvalue weighted by atomic mass is 10.4. The molecule has 0 atom stereocenters. The van der Waals surface area contributed by atoms with Crippen LogP contribution < -0.4 is 10.6 Å². The van der Waals surface area contributed by atoms with Crippen LogP contribution in [0, 0.1) is 0 Å². The number of nitrogens with zero attached hydrogens (tertiary/aromatic N) is 1. The predicted octanol–water partition coefficient (Wildman–Crippen LogP) is 0.281. The van der Waals surface area contributed by atoms with Gasteiger partial charge in [-0.15, -0.1) is 0 Å². The van der Waals surface area contributed by atoms with Gasteiger partial charge < -0.3 is 0 Å². The lowest BCUT2D eigenvalue weighted by molar-refractivity contribution is 1.06. The van der Waals surface area contributed by atoms with Crippen molar-refractivity contribution in [2.24, 2.45) is 0 Å². The van der Waals surface area contributed by atoms with Gasteiger partial charge in [-0.2, -0.15) is 5.10 Å². The van der Waals surface area contributed by atoms with Crippen molar-refractivity contribution < 1.29 is 0 Å². The minimum atomic E-state index is 0.0326. The Balaban J connectivity index is 3.01. The first-order valence-electron chi connectivity index (χ1n) is 2.72. The number of fused-ring (bicyclic) bond motifs is 1. The largest absolute Gasteiger partial charge is 0.276 e. The van der Waals surface area contributed by atoms with E-state index in [2.05, 4.69) is 18.3 Å². The minimum Gasteiger partial charge on any atom is -0.276 e. The summed E-state index contributed by atoms with van der Waals surface area (Å²) in [4.78, 5) is 0. The van der Waals surface area contributed by atoms with Gasteiger partial charge >= 0.3 is 0 Å². The van der Waals surface area contributed by atoms with E-state index < -0.39 is 0 Å². The molecule has 0 unspecified atom stereocenters. The van der Waals surface area contributed by atoms with E-state index >= 15 is 0 Å². The molecular formula is C6H4ClIN2. The second-order valence-electron chi connectivity index (χ2n) is 1.89. The first-order valence-corrected chi connectivity index (χ1v) is 5.59. The van der Waals surface area contributed by atoms with E-state index in [1.807, 2.05) is 6.20 Å². The summed E-state index contributed by atoms with van der Waals surface area (Å²) in [5, 5.41) is 9.67. The zero-order valence-corrected chi connectivity index (χ0v) is 7.85. The normalized spacial score (nSPS) is 15.5. The van der Waals surface area contributed by atoms with Crippen LogP contribution in [0.25, 0.3) is 9.12 Å². The van der Waals surface area contributed by atoms with Crippen molar-refractivity contribution in [1.82, 2.24) is 10.2 Å². The zero-order chi connectivity index (χ0) is 6.97. The quantitative estimate of drug-likeness (QED) is 0.672. The van der Waals surface area contributed by atoms with E-state index in [1.54, 1.807) is 0 Å². The standard InChI is InChI=1S/C6H4ClIN2/c7-5-2-8-1-4-3-9-10-6(4)5/h1-3H,(H,9,10). The van der Waals surface area contributed by atoms with Crippen LogP contribution in [0.1, 0.15) is 0 Å². The zero-order valence-electron chi connectivity index (χ0n) is 4.94. The van der Waals surface area contributed by atoms with E-state index in [0.717, 1.165) is 15.6 Å². The molecule has 52 valence electrons. The van der Waals surface area contributed by atoms with E-state index in [1.165, 1.54) is 0 Å². The Hall–Kier alpha value is -0.160. The summed E-state index contributed by atoms with van der Waals surface area (Å²) in [6.07, 6.45) is 1.81. The third-order valence-electron chi connectivity index (χ3n) is 1.25. The number of aromatic amines is 1. The molecule has 1 N–H and O–H groups in total. The third kappa shape index (κ3) is 0.932. The van der Waals surface area contributed by atoms with E-state index in [9.17, 15) is 0 Å². The summed E-state index contributed by atoms with van der Waals surface area (Å²) in [6.45, 7) is 0. The van der Waals surface area contributed by atoms with Crippen molar-refractivity contribution in [1.29, 1.82) is 0 Å². The van der Waals surface area contributed by atoms with E-state index in [4.69, 9.17) is 11.6 Å². The smallest absolute Gasteiger partial charge is 0.0845 e. The molecule has 4 heteroatoms. The van der Waals surface area contributed by atoms with Crippen LogP contribution in [0.3, 0.4) is 0 Å². The highest BCUT2D eigenvalue weighted by atomic mass is 127. The van der Waals surface area contributed by atoms with Gasteiger partial charge in [0, 0.05) is 5.22 Å². The number of H-pyrrole nitrogens is 1. The Bertz CT molecular complexity index is 390. The van der Waals surface area contributed by atoms with Crippen molar-refractivity contribution in [3.05, 3.63) is 16.8 Å². The first-order chi connectivity index (χ1) is 4.88. The SMILES string of the molecule is ClC1=c2[nH]ncc2=CI=C1. The minimum absolute atomic E-state index is 0.0326. The molecule has 2 rings (SSSR count). The molecular weight excluding hydrogens is 262 g/mol. The highest BCUT2D eigenvalue weighted by Gasteiger charge is 1.96. The molecule has 2 heterocycles. The van der Waals surface area contributed by atoms with Crippen LogP contribution in [0.5, 0.6) is 0 Å². The van der Waals surface area contributed by atoms with Crippen LogP contribution in [-0.2, 0) is 0 Å². The first kappa shape index (κ1) is 6.54. The summed E-state index contributed by atoms with van der Waals surface area (Å²) in [5.41, 5.74) is 0. The van der Waals surface area contributed by atoms with Gasteiger partial charge in [0.25, 0.3) is 0 Å². The number of halogens is 2. The monoisotopic (exact) mass is 266 g/mol. The molecule has 0 spiro atoms. The fraction of sp³-hybridized carbons (Fsp3) is 0. The van der Waals surface area contributed by atoms with E-state index in [-0.39, 0.29) is 20.7 Å². The maximum atomic E-state index is 5.89. The lowest BCUT2D eigenvalue weighted by Gasteiger charge is -1.88. The van der Waals surface area contributed by atoms with Gasteiger partial charge in [-0.25, -0.2) is 0 Å². The van der Waals surface area contributed by atoms with Crippen molar-refractivity contribution >= 4 is 45.5 Å². The molecule has 1 aromatic rings. The van der Waals surface area contributed by atoms with Gasteiger partial charge in [0.1, 0.15) is 0 Å². The average Bonchev–Trinajstić information content (AvgIpc) is 2.36. The lowest BCUT2D eigenvalue weighted by Crippen LogP contribution is -2.24. The molecule has 0 fully saturated rings. The average molecular weight is 266 g/mol. The maximum absolute atomic E-state index is 5.89. The van der Waals surface area contributed by atoms with Crippen molar-refractivity contribution in [2.75, 3.05) is 0 Å². The Morgan fingerprint density at radius 3 is 3.30 bits per heavy atom. The van der Waals surface area contributed by atoms with Gasteiger partial charge in [0.05, 0.1) is 16.6 Å². The molecule has 0 saturated carbocycles. The van der Waals surface area contributed by atoms with Crippen LogP contribution in [0.4, 0.5) is 0 Å². The molecule has 0 aliphatic carbocycles. The summed E-state index contributed by atoms with van der Waals surface area (Å²) in [5.74, 6) is 0. The Morgan fingerprint density at radius 2 is 2.50 bits per heavy atom. The summed E-state index contributed by atoms with van der Waals surface area (Å²) in [6, 6.07) is 0. The fourth-order valence-corrected chi connectivity index (χ4v) is 2.92. The molecule has 2 nitrogen and oxygen atoms in total. The molecule has 1 aromatic heterocycles. The van der Waals surface area contributed by atoms with Gasteiger partial charge in [-0.05, 0) is 8.09 Å². The highest BCUT2D eigenvalue weighted by Crippen LogP contribution is 2.06. The van der Waals surface area contributed by atoms with Crippen LogP contribution >= 0.6 is 32.3 Å². The fourth-order valence-electron chi connectivity index (χ4n) is 0.779. The summed E-state index contributed by atoms with van der Waals surface area (Å²) < 4.78 is 4.27. The molecule has 0 bridgehead atoms. The number of rotatable bonds is 0. The number of hydrogen-bond acceptors (Lipinski definition) is 1. The van der Waals surface area contributed by atoms with Crippen LogP contribution in [0.15, 0.2) is 6.20 Å². The van der Waals surface area contributed by atoms with Crippen molar-refractivity contribution in [3.63, 3.8) is 0 Å².